The Morgan fingerprint density at radius 3 is 2.49 bits per heavy atom. The van der Waals surface area contributed by atoms with Crippen molar-refractivity contribution in [3.63, 3.8) is 0 Å². The molecule has 0 bridgehead atoms. The smallest absolute Gasteiger partial charge is 0.289 e. The SMILES string of the molecule is CCC(C)(C)c1ccc(OC)c(Cc2ccc(C(=O)N(CCc3ccccn3)Cc3ccccc3)o2)c1. The third-order valence-electron chi connectivity index (χ3n) is 7.05. The molecule has 5 heteroatoms. The Labute approximate surface area is 220 Å². The maximum absolute atomic E-state index is 13.6. The number of hydrogen-bond acceptors (Lipinski definition) is 4. The minimum Gasteiger partial charge on any atom is -0.496 e. The van der Waals surface area contributed by atoms with Crippen molar-refractivity contribution in [1.82, 2.24) is 9.88 Å². The van der Waals surface area contributed by atoms with Crippen LogP contribution in [0.3, 0.4) is 0 Å². The lowest BCUT2D eigenvalue weighted by atomic mass is 9.81. The number of amides is 1. The summed E-state index contributed by atoms with van der Waals surface area (Å²) in [5.41, 5.74) is 4.40. The van der Waals surface area contributed by atoms with E-state index in [-0.39, 0.29) is 11.3 Å². The summed E-state index contributed by atoms with van der Waals surface area (Å²) in [4.78, 5) is 19.8. The number of aromatic nitrogens is 1. The zero-order chi connectivity index (χ0) is 26.3. The van der Waals surface area contributed by atoms with Crippen LogP contribution in [0.15, 0.2) is 89.5 Å². The van der Waals surface area contributed by atoms with Crippen molar-refractivity contribution in [3.05, 3.63) is 119 Å². The van der Waals surface area contributed by atoms with Gasteiger partial charge in [0.1, 0.15) is 11.5 Å². The molecule has 4 aromatic rings. The summed E-state index contributed by atoms with van der Waals surface area (Å²) in [7, 11) is 1.68. The quantitative estimate of drug-likeness (QED) is 0.228. The molecule has 0 unspecified atom stereocenters. The molecule has 5 nitrogen and oxygen atoms in total. The van der Waals surface area contributed by atoms with Crippen molar-refractivity contribution >= 4 is 5.91 Å². The number of carbonyl (C=O) groups is 1. The number of methoxy groups -OCH3 is 1. The number of benzene rings is 2. The number of pyridine rings is 1. The van der Waals surface area contributed by atoms with Gasteiger partial charge in [0.25, 0.3) is 5.91 Å². The highest BCUT2D eigenvalue weighted by atomic mass is 16.5. The first-order valence-corrected chi connectivity index (χ1v) is 12.9. The molecule has 0 aliphatic heterocycles. The van der Waals surface area contributed by atoms with Gasteiger partial charge in [-0.15, -0.1) is 0 Å². The monoisotopic (exact) mass is 496 g/mol. The number of ether oxygens (including phenoxy) is 1. The van der Waals surface area contributed by atoms with E-state index in [4.69, 9.17) is 9.15 Å². The standard InChI is InChI=1S/C32H36N2O3/c1-5-32(2,3)26-14-16-29(36-4)25(21-26)22-28-15-17-30(37-28)31(35)34(23-24-11-7-6-8-12-24)20-18-27-13-9-10-19-33-27/h6-17,19,21H,5,18,20,22-23H2,1-4H3. The molecule has 4 rings (SSSR count). The van der Waals surface area contributed by atoms with Crippen molar-refractivity contribution in [2.24, 2.45) is 0 Å². The lowest BCUT2D eigenvalue weighted by Gasteiger charge is -2.24. The fourth-order valence-corrected chi connectivity index (χ4v) is 4.32. The van der Waals surface area contributed by atoms with Crippen molar-refractivity contribution in [1.29, 1.82) is 0 Å². The summed E-state index contributed by atoms with van der Waals surface area (Å²) < 4.78 is 11.7. The molecule has 0 fully saturated rings. The molecule has 0 aliphatic rings. The van der Waals surface area contributed by atoms with Crippen LogP contribution in [0.25, 0.3) is 0 Å². The second-order valence-electron chi connectivity index (χ2n) is 9.99. The molecule has 0 saturated carbocycles. The molecule has 0 spiro atoms. The molecule has 2 aromatic heterocycles. The number of hydrogen-bond donors (Lipinski definition) is 0. The molecule has 2 heterocycles. The van der Waals surface area contributed by atoms with Crippen LogP contribution in [-0.4, -0.2) is 29.4 Å². The van der Waals surface area contributed by atoms with E-state index in [0.717, 1.165) is 34.8 Å². The van der Waals surface area contributed by atoms with Crippen LogP contribution in [-0.2, 0) is 24.8 Å². The maximum atomic E-state index is 13.6. The van der Waals surface area contributed by atoms with Gasteiger partial charge in [-0.1, -0.05) is 69.3 Å². The van der Waals surface area contributed by atoms with Gasteiger partial charge in [-0.2, -0.15) is 0 Å². The van der Waals surface area contributed by atoms with Gasteiger partial charge in [0, 0.05) is 43.4 Å². The zero-order valence-corrected chi connectivity index (χ0v) is 22.2. The fraction of sp³-hybridized carbons (Fsp3) is 0.312. The minimum atomic E-state index is -0.126. The van der Waals surface area contributed by atoms with Crippen LogP contribution >= 0.6 is 0 Å². The van der Waals surface area contributed by atoms with E-state index >= 15 is 0 Å². The van der Waals surface area contributed by atoms with E-state index in [1.54, 1.807) is 19.4 Å². The topological polar surface area (TPSA) is 55.6 Å². The van der Waals surface area contributed by atoms with E-state index in [2.05, 4.69) is 37.9 Å². The summed E-state index contributed by atoms with van der Waals surface area (Å²) in [6.07, 6.45) is 4.04. The lowest BCUT2D eigenvalue weighted by Crippen LogP contribution is -2.32. The normalized spacial score (nSPS) is 11.4. The Morgan fingerprint density at radius 2 is 1.78 bits per heavy atom. The number of furan rings is 1. The highest BCUT2D eigenvalue weighted by Crippen LogP contribution is 2.32. The van der Waals surface area contributed by atoms with Gasteiger partial charge in [0.05, 0.1) is 7.11 Å². The molecule has 2 aromatic carbocycles. The second-order valence-corrected chi connectivity index (χ2v) is 9.99. The average molecular weight is 497 g/mol. The van der Waals surface area contributed by atoms with Crippen LogP contribution in [0.2, 0.25) is 0 Å². The van der Waals surface area contributed by atoms with Crippen molar-refractivity contribution in [2.75, 3.05) is 13.7 Å². The van der Waals surface area contributed by atoms with Crippen LogP contribution < -0.4 is 4.74 Å². The van der Waals surface area contributed by atoms with Crippen LogP contribution in [0, 0.1) is 0 Å². The van der Waals surface area contributed by atoms with Crippen LogP contribution in [0.1, 0.15) is 65.9 Å². The van der Waals surface area contributed by atoms with Crippen LogP contribution in [0.4, 0.5) is 0 Å². The van der Waals surface area contributed by atoms with E-state index in [1.165, 1.54) is 5.56 Å². The predicted molar refractivity (Wildman–Crippen MR) is 147 cm³/mol. The van der Waals surface area contributed by atoms with Gasteiger partial charge in [-0.05, 0) is 53.3 Å². The highest BCUT2D eigenvalue weighted by Gasteiger charge is 2.22. The first-order valence-electron chi connectivity index (χ1n) is 12.9. The minimum absolute atomic E-state index is 0.0663. The molecule has 0 radical (unpaired) electrons. The van der Waals surface area contributed by atoms with Gasteiger partial charge < -0.3 is 14.1 Å². The molecular weight excluding hydrogens is 460 g/mol. The summed E-state index contributed by atoms with van der Waals surface area (Å²) in [6.45, 7) is 7.74. The summed E-state index contributed by atoms with van der Waals surface area (Å²) in [5, 5.41) is 0. The molecular formula is C32H36N2O3. The van der Waals surface area contributed by atoms with Crippen molar-refractivity contribution < 1.29 is 13.9 Å². The molecule has 0 N–H and O–H groups in total. The van der Waals surface area contributed by atoms with Gasteiger partial charge in [0.2, 0.25) is 0 Å². The number of rotatable bonds is 11. The fourth-order valence-electron chi connectivity index (χ4n) is 4.32. The van der Waals surface area contributed by atoms with Gasteiger partial charge in [-0.3, -0.25) is 9.78 Å². The van der Waals surface area contributed by atoms with Gasteiger partial charge in [-0.25, -0.2) is 0 Å². The van der Waals surface area contributed by atoms with E-state index in [1.807, 2.05) is 65.6 Å². The Kier molecular flexibility index (Phi) is 8.44. The zero-order valence-electron chi connectivity index (χ0n) is 22.2. The Hall–Kier alpha value is -3.86. The third kappa shape index (κ3) is 6.67. The van der Waals surface area contributed by atoms with Crippen molar-refractivity contribution in [3.8, 4) is 5.75 Å². The number of carbonyl (C=O) groups excluding carboxylic acids is 1. The molecule has 192 valence electrons. The Morgan fingerprint density at radius 1 is 1.00 bits per heavy atom. The predicted octanol–water partition coefficient (Wildman–Crippen LogP) is 6.85. The van der Waals surface area contributed by atoms with Crippen molar-refractivity contribution in [2.45, 2.75) is 52.0 Å². The van der Waals surface area contributed by atoms with Gasteiger partial charge >= 0.3 is 0 Å². The summed E-state index contributed by atoms with van der Waals surface area (Å²) >= 11 is 0. The molecule has 0 saturated heterocycles. The van der Waals surface area contributed by atoms with E-state index < -0.39 is 0 Å². The summed E-state index contributed by atoms with van der Waals surface area (Å²) in [5.74, 6) is 1.77. The average Bonchev–Trinajstić information content (AvgIpc) is 3.40. The largest absolute Gasteiger partial charge is 0.496 e. The van der Waals surface area contributed by atoms with E-state index in [9.17, 15) is 4.79 Å². The molecule has 0 aliphatic carbocycles. The highest BCUT2D eigenvalue weighted by molar-refractivity contribution is 5.91. The van der Waals surface area contributed by atoms with E-state index in [0.29, 0.717) is 31.7 Å². The Balaban J connectivity index is 1.54. The first kappa shape index (κ1) is 26.2. The maximum Gasteiger partial charge on any atom is 0.289 e. The third-order valence-corrected chi connectivity index (χ3v) is 7.05. The second kappa shape index (κ2) is 11.9. The van der Waals surface area contributed by atoms with Crippen LogP contribution in [0.5, 0.6) is 5.75 Å². The molecule has 1 amide bonds. The number of nitrogens with zero attached hydrogens (tertiary/aromatic N) is 2. The molecule has 0 atom stereocenters. The Bertz CT molecular complexity index is 1300. The lowest BCUT2D eigenvalue weighted by molar-refractivity contribution is 0.0710. The van der Waals surface area contributed by atoms with Gasteiger partial charge in [0.15, 0.2) is 5.76 Å². The molecule has 37 heavy (non-hydrogen) atoms. The summed E-state index contributed by atoms with van der Waals surface area (Å²) in [6, 6.07) is 25.9. The first-order chi connectivity index (χ1) is 17.9.